The van der Waals surface area contributed by atoms with E-state index in [1.54, 1.807) is 55.6 Å². The highest BCUT2D eigenvalue weighted by atomic mass is 35.5. The summed E-state index contributed by atoms with van der Waals surface area (Å²) < 4.78 is 21.6. The first-order chi connectivity index (χ1) is 15.0. The number of aromatic nitrogens is 1. The Bertz CT molecular complexity index is 1250. The molecular weight excluding hydrogens is 420 g/mol. The van der Waals surface area contributed by atoms with Crippen LogP contribution in [-0.4, -0.2) is 32.2 Å². The molecule has 0 aliphatic carbocycles. The summed E-state index contributed by atoms with van der Waals surface area (Å²) >= 11 is 6.21. The second-order valence-electron chi connectivity index (χ2n) is 6.54. The number of methoxy groups -OCH3 is 3. The molecule has 31 heavy (non-hydrogen) atoms. The lowest BCUT2D eigenvalue weighted by molar-refractivity contribution is 0.102. The lowest BCUT2D eigenvalue weighted by atomic mass is 10.1. The van der Waals surface area contributed by atoms with E-state index in [1.807, 2.05) is 6.07 Å². The smallest absolute Gasteiger partial charge is 0.263 e. The quantitative estimate of drug-likeness (QED) is 0.432. The Kier molecular flexibility index (Phi) is 5.68. The Morgan fingerprint density at radius 3 is 2.29 bits per heavy atom. The summed E-state index contributed by atoms with van der Waals surface area (Å²) in [7, 11) is 4.55. The molecule has 3 aromatic carbocycles. The number of nitrogens with one attached hydrogen (secondary N) is 1. The van der Waals surface area contributed by atoms with Crippen LogP contribution in [0.2, 0.25) is 5.02 Å². The number of carbonyl (C=O) groups excluding carboxylic acids is 1. The molecule has 0 saturated carbocycles. The summed E-state index contributed by atoms with van der Waals surface area (Å²) in [6.45, 7) is 0. The van der Waals surface area contributed by atoms with Crippen molar-refractivity contribution in [3.8, 4) is 28.7 Å². The van der Waals surface area contributed by atoms with E-state index in [1.165, 1.54) is 14.2 Å². The zero-order valence-corrected chi connectivity index (χ0v) is 17.8. The molecule has 0 bridgehead atoms. The number of carbonyl (C=O) groups is 1. The number of benzene rings is 3. The van der Waals surface area contributed by atoms with Crippen LogP contribution in [0, 0.1) is 0 Å². The van der Waals surface area contributed by atoms with Gasteiger partial charge in [0.15, 0.2) is 5.58 Å². The van der Waals surface area contributed by atoms with E-state index in [0.29, 0.717) is 56.1 Å². The largest absolute Gasteiger partial charge is 0.496 e. The summed E-state index contributed by atoms with van der Waals surface area (Å²) in [6.07, 6.45) is 0. The van der Waals surface area contributed by atoms with Crippen LogP contribution in [0.5, 0.6) is 17.2 Å². The van der Waals surface area contributed by atoms with Gasteiger partial charge in [-0.05, 0) is 48.5 Å². The highest BCUT2D eigenvalue weighted by molar-refractivity contribution is 6.32. The zero-order valence-electron chi connectivity index (χ0n) is 17.1. The summed E-state index contributed by atoms with van der Waals surface area (Å²) in [5, 5.41) is 3.31. The highest BCUT2D eigenvalue weighted by Gasteiger charge is 2.19. The van der Waals surface area contributed by atoms with E-state index >= 15 is 0 Å². The Balaban J connectivity index is 1.64. The summed E-state index contributed by atoms with van der Waals surface area (Å²) in [5.41, 5.74) is 2.74. The predicted octanol–water partition coefficient (Wildman–Crippen LogP) is 5.43. The lowest BCUT2D eigenvalue weighted by Crippen LogP contribution is -2.14. The van der Waals surface area contributed by atoms with Gasteiger partial charge in [0.2, 0.25) is 5.89 Å². The molecule has 0 spiro atoms. The molecule has 4 rings (SSSR count). The van der Waals surface area contributed by atoms with Gasteiger partial charge in [-0.3, -0.25) is 4.79 Å². The number of rotatable bonds is 6. The molecule has 0 saturated heterocycles. The normalized spacial score (nSPS) is 10.7. The van der Waals surface area contributed by atoms with Gasteiger partial charge in [-0.15, -0.1) is 0 Å². The molecule has 4 aromatic rings. The van der Waals surface area contributed by atoms with Crippen molar-refractivity contribution < 1.29 is 23.4 Å². The first-order valence-electron chi connectivity index (χ1n) is 9.31. The van der Waals surface area contributed by atoms with Crippen molar-refractivity contribution in [2.24, 2.45) is 0 Å². The van der Waals surface area contributed by atoms with Crippen molar-refractivity contribution in [1.29, 1.82) is 0 Å². The van der Waals surface area contributed by atoms with Crippen LogP contribution in [0.3, 0.4) is 0 Å². The fraction of sp³-hybridized carbons (Fsp3) is 0.130. The molecular formula is C23H19ClN2O5. The maximum atomic E-state index is 12.9. The van der Waals surface area contributed by atoms with Gasteiger partial charge in [-0.1, -0.05) is 17.7 Å². The molecule has 1 heterocycles. The zero-order chi connectivity index (χ0) is 22.0. The standard InChI is InChI=1S/C23H19ClN2O5/c1-28-17-9-7-13(11-15(17)24)23-26-16-12-14(8-10-18(16)31-23)25-22(27)21-19(29-2)5-4-6-20(21)30-3/h4-12H,1-3H3,(H,25,27). The topological polar surface area (TPSA) is 82.8 Å². The van der Waals surface area contributed by atoms with Crippen LogP contribution in [0.15, 0.2) is 59.0 Å². The number of halogens is 1. The Morgan fingerprint density at radius 2 is 1.65 bits per heavy atom. The van der Waals surface area contributed by atoms with Crippen LogP contribution in [0.25, 0.3) is 22.6 Å². The second kappa shape index (κ2) is 8.57. The Hall–Kier alpha value is -3.71. The van der Waals surface area contributed by atoms with Gasteiger partial charge < -0.3 is 23.9 Å². The molecule has 0 aliphatic heterocycles. The van der Waals surface area contributed by atoms with E-state index in [9.17, 15) is 4.79 Å². The number of hydrogen-bond donors (Lipinski definition) is 1. The van der Waals surface area contributed by atoms with Crippen LogP contribution in [0.4, 0.5) is 5.69 Å². The van der Waals surface area contributed by atoms with Crippen molar-refractivity contribution in [2.75, 3.05) is 26.6 Å². The first kappa shape index (κ1) is 20.6. The average Bonchev–Trinajstić information content (AvgIpc) is 3.21. The second-order valence-corrected chi connectivity index (χ2v) is 6.95. The van der Waals surface area contributed by atoms with Gasteiger partial charge in [0, 0.05) is 11.3 Å². The maximum Gasteiger partial charge on any atom is 0.263 e. The fourth-order valence-electron chi connectivity index (χ4n) is 3.20. The van der Waals surface area contributed by atoms with Crippen molar-refractivity contribution in [3.05, 3.63) is 65.2 Å². The van der Waals surface area contributed by atoms with Crippen molar-refractivity contribution in [3.63, 3.8) is 0 Å². The minimum absolute atomic E-state index is 0.307. The van der Waals surface area contributed by atoms with E-state index in [2.05, 4.69) is 10.3 Å². The molecule has 1 aromatic heterocycles. The van der Waals surface area contributed by atoms with Gasteiger partial charge in [-0.25, -0.2) is 4.98 Å². The number of ether oxygens (including phenoxy) is 3. The summed E-state index contributed by atoms with van der Waals surface area (Å²) in [5.74, 6) is 1.45. The minimum atomic E-state index is -0.362. The molecule has 0 atom stereocenters. The van der Waals surface area contributed by atoms with Gasteiger partial charge in [-0.2, -0.15) is 0 Å². The molecule has 0 aliphatic rings. The minimum Gasteiger partial charge on any atom is -0.496 e. The molecule has 7 nitrogen and oxygen atoms in total. The Labute approximate surface area is 183 Å². The van der Waals surface area contributed by atoms with Gasteiger partial charge >= 0.3 is 0 Å². The van der Waals surface area contributed by atoms with Crippen LogP contribution in [-0.2, 0) is 0 Å². The average molecular weight is 439 g/mol. The van der Waals surface area contributed by atoms with Crippen LogP contribution >= 0.6 is 11.6 Å². The molecule has 0 radical (unpaired) electrons. The Morgan fingerprint density at radius 1 is 0.935 bits per heavy atom. The third kappa shape index (κ3) is 4.00. The number of amides is 1. The lowest BCUT2D eigenvalue weighted by Gasteiger charge is -2.12. The molecule has 0 fully saturated rings. The third-order valence-corrected chi connectivity index (χ3v) is 4.99. The first-order valence-corrected chi connectivity index (χ1v) is 9.68. The monoisotopic (exact) mass is 438 g/mol. The van der Waals surface area contributed by atoms with Crippen molar-refractivity contribution in [1.82, 2.24) is 4.98 Å². The van der Waals surface area contributed by atoms with E-state index in [4.69, 9.17) is 30.2 Å². The molecule has 1 amide bonds. The number of hydrogen-bond acceptors (Lipinski definition) is 6. The van der Waals surface area contributed by atoms with E-state index in [-0.39, 0.29) is 5.91 Å². The van der Waals surface area contributed by atoms with Gasteiger partial charge in [0.05, 0.1) is 26.4 Å². The summed E-state index contributed by atoms with van der Waals surface area (Å²) in [6, 6.07) is 15.6. The number of oxazole rings is 1. The van der Waals surface area contributed by atoms with E-state index < -0.39 is 0 Å². The molecule has 1 N–H and O–H groups in total. The third-order valence-electron chi connectivity index (χ3n) is 4.70. The molecule has 158 valence electrons. The maximum absolute atomic E-state index is 12.9. The summed E-state index contributed by atoms with van der Waals surface area (Å²) in [4.78, 5) is 17.4. The van der Waals surface area contributed by atoms with Crippen molar-refractivity contribution in [2.45, 2.75) is 0 Å². The van der Waals surface area contributed by atoms with Gasteiger partial charge in [0.1, 0.15) is 28.3 Å². The van der Waals surface area contributed by atoms with E-state index in [0.717, 1.165) is 0 Å². The van der Waals surface area contributed by atoms with Crippen molar-refractivity contribution >= 4 is 34.3 Å². The number of anilines is 1. The molecule has 8 heteroatoms. The SMILES string of the molecule is COc1ccc(-c2nc3cc(NC(=O)c4c(OC)cccc4OC)ccc3o2)cc1Cl. The van der Waals surface area contributed by atoms with Crippen LogP contribution < -0.4 is 19.5 Å². The number of nitrogens with zero attached hydrogens (tertiary/aromatic N) is 1. The predicted molar refractivity (Wildman–Crippen MR) is 119 cm³/mol. The van der Waals surface area contributed by atoms with Crippen LogP contribution in [0.1, 0.15) is 10.4 Å². The number of fused-ring (bicyclic) bond motifs is 1. The fourth-order valence-corrected chi connectivity index (χ4v) is 3.45. The van der Waals surface area contributed by atoms with Gasteiger partial charge in [0.25, 0.3) is 5.91 Å². The molecule has 0 unspecified atom stereocenters. The highest BCUT2D eigenvalue weighted by Crippen LogP contribution is 2.33.